The molecule has 2 N–H and O–H groups in total. The first-order valence-corrected chi connectivity index (χ1v) is 8.18. The van der Waals surface area contributed by atoms with E-state index in [9.17, 15) is 4.79 Å². The van der Waals surface area contributed by atoms with Gasteiger partial charge in [0.2, 0.25) is 0 Å². The Morgan fingerprint density at radius 2 is 2.05 bits per heavy atom. The van der Waals surface area contributed by atoms with Crippen molar-refractivity contribution in [3.63, 3.8) is 0 Å². The summed E-state index contributed by atoms with van der Waals surface area (Å²) in [6.07, 6.45) is 1.68. The SMILES string of the molecule is CC(Oc1c(Br)cccc1Br)SCc1c[nH]c(=O)[nH]1. The molecule has 1 aromatic carbocycles. The number of rotatable bonds is 5. The van der Waals surface area contributed by atoms with E-state index in [2.05, 4.69) is 41.8 Å². The number of imidazole rings is 1. The van der Waals surface area contributed by atoms with Crippen molar-refractivity contribution >= 4 is 43.6 Å². The zero-order valence-corrected chi connectivity index (χ0v) is 14.1. The number of aromatic nitrogens is 2. The van der Waals surface area contributed by atoms with Crippen LogP contribution >= 0.6 is 43.6 Å². The first-order valence-electron chi connectivity index (χ1n) is 5.55. The molecule has 0 aliphatic heterocycles. The maximum absolute atomic E-state index is 11.0. The molecule has 0 aliphatic carbocycles. The van der Waals surface area contributed by atoms with E-state index >= 15 is 0 Å². The molecule has 102 valence electrons. The molecule has 0 aliphatic rings. The summed E-state index contributed by atoms with van der Waals surface area (Å²) in [5.74, 6) is 1.46. The summed E-state index contributed by atoms with van der Waals surface area (Å²) >= 11 is 8.52. The van der Waals surface area contributed by atoms with Gasteiger partial charge in [-0.15, -0.1) is 11.8 Å². The van der Waals surface area contributed by atoms with Gasteiger partial charge in [-0.1, -0.05) is 6.07 Å². The van der Waals surface area contributed by atoms with Gasteiger partial charge in [0.25, 0.3) is 0 Å². The minimum absolute atomic E-state index is 0.0339. The van der Waals surface area contributed by atoms with Crippen molar-refractivity contribution in [3.05, 3.63) is 49.5 Å². The fourth-order valence-electron chi connectivity index (χ4n) is 1.45. The van der Waals surface area contributed by atoms with Crippen LogP contribution in [0.3, 0.4) is 0 Å². The molecule has 1 heterocycles. The highest BCUT2D eigenvalue weighted by Crippen LogP contribution is 2.35. The summed E-state index contributed by atoms with van der Waals surface area (Å²) in [7, 11) is 0. The van der Waals surface area contributed by atoms with Crippen LogP contribution in [0.25, 0.3) is 0 Å². The number of ether oxygens (including phenoxy) is 1. The van der Waals surface area contributed by atoms with Crippen molar-refractivity contribution in [2.45, 2.75) is 18.1 Å². The van der Waals surface area contributed by atoms with Gasteiger partial charge in [0.15, 0.2) is 0 Å². The Bertz CT molecular complexity index is 592. The van der Waals surface area contributed by atoms with Crippen LogP contribution in [-0.2, 0) is 5.75 Å². The molecular weight excluding hydrogens is 396 g/mol. The molecule has 1 aromatic heterocycles. The minimum Gasteiger partial charge on any atom is -0.478 e. The zero-order valence-electron chi connectivity index (χ0n) is 10.1. The normalized spacial score (nSPS) is 12.4. The second kappa shape index (κ2) is 6.67. The fourth-order valence-corrected chi connectivity index (χ4v) is 3.37. The quantitative estimate of drug-likeness (QED) is 0.739. The maximum atomic E-state index is 11.0. The number of benzene rings is 1. The lowest BCUT2D eigenvalue weighted by Gasteiger charge is -2.16. The Balaban J connectivity index is 1.94. The average molecular weight is 408 g/mol. The number of aromatic amines is 2. The Labute approximate surface area is 131 Å². The lowest BCUT2D eigenvalue weighted by molar-refractivity contribution is 0.304. The number of para-hydroxylation sites is 1. The van der Waals surface area contributed by atoms with Crippen molar-refractivity contribution in [1.29, 1.82) is 0 Å². The summed E-state index contributed by atoms with van der Waals surface area (Å²) < 4.78 is 7.69. The number of thioether (sulfide) groups is 1. The van der Waals surface area contributed by atoms with Crippen molar-refractivity contribution in [2.24, 2.45) is 0 Å². The van der Waals surface area contributed by atoms with E-state index in [1.54, 1.807) is 18.0 Å². The molecule has 0 spiro atoms. The molecule has 0 bridgehead atoms. The van der Waals surface area contributed by atoms with Gasteiger partial charge in [-0.05, 0) is 50.9 Å². The number of hydrogen-bond acceptors (Lipinski definition) is 3. The average Bonchev–Trinajstić information content (AvgIpc) is 2.77. The molecule has 0 saturated carbocycles. The van der Waals surface area contributed by atoms with Crippen molar-refractivity contribution < 1.29 is 4.74 Å². The highest BCUT2D eigenvalue weighted by Gasteiger charge is 2.11. The number of H-pyrrole nitrogens is 2. The smallest absolute Gasteiger partial charge is 0.323 e. The van der Waals surface area contributed by atoms with Gasteiger partial charge < -0.3 is 14.7 Å². The standard InChI is InChI=1S/C12H12Br2N2O2S/c1-7(19-6-8-5-15-12(17)16-8)18-11-9(13)3-2-4-10(11)14/h2-5,7H,6H2,1H3,(H2,15,16,17). The van der Waals surface area contributed by atoms with Crippen LogP contribution in [0.2, 0.25) is 0 Å². The summed E-state index contributed by atoms with van der Waals surface area (Å²) in [6, 6.07) is 5.80. The number of hydrogen-bond donors (Lipinski definition) is 2. The van der Waals surface area contributed by atoms with E-state index in [-0.39, 0.29) is 11.1 Å². The lowest BCUT2D eigenvalue weighted by Crippen LogP contribution is -2.08. The van der Waals surface area contributed by atoms with Gasteiger partial charge in [-0.3, -0.25) is 0 Å². The van der Waals surface area contributed by atoms with Crippen molar-refractivity contribution in [1.82, 2.24) is 9.97 Å². The molecular formula is C12H12Br2N2O2S. The predicted octanol–water partition coefficient (Wildman–Crippen LogP) is 3.89. The highest BCUT2D eigenvalue weighted by molar-refractivity contribution is 9.11. The molecule has 0 saturated heterocycles. The second-order valence-electron chi connectivity index (χ2n) is 3.82. The zero-order chi connectivity index (χ0) is 13.8. The van der Waals surface area contributed by atoms with Crippen LogP contribution in [0.5, 0.6) is 5.75 Å². The molecule has 0 radical (unpaired) electrons. The molecule has 7 heteroatoms. The van der Waals surface area contributed by atoms with Crippen LogP contribution in [0.4, 0.5) is 0 Å². The molecule has 1 unspecified atom stereocenters. The molecule has 19 heavy (non-hydrogen) atoms. The monoisotopic (exact) mass is 406 g/mol. The van der Waals surface area contributed by atoms with E-state index in [0.717, 1.165) is 20.4 Å². The Hall–Kier alpha value is -0.660. The second-order valence-corrected chi connectivity index (χ2v) is 6.81. The third-order valence-electron chi connectivity index (χ3n) is 2.33. The van der Waals surface area contributed by atoms with E-state index < -0.39 is 0 Å². The van der Waals surface area contributed by atoms with Crippen LogP contribution in [-0.4, -0.2) is 15.4 Å². The third-order valence-corrected chi connectivity index (χ3v) is 4.62. The molecule has 0 amide bonds. The summed E-state index contributed by atoms with van der Waals surface area (Å²) in [4.78, 5) is 16.2. The predicted molar refractivity (Wildman–Crippen MR) is 84.6 cm³/mol. The number of halogens is 2. The fraction of sp³-hybridized carbons (Fsp3) is 0.250. The molecule has 4 nitrogen and oxygen atoms in total. The van der Waals surface area contributed by atoms with Gasteiger partial charge in [-0.2, -0.15) is 0 Å². The van der Waals surface area contributed by atoms with E-state index in [1.807, 2.05) is 25.1 Å². The molecule has 2 aromatic rings. The van der Waals surface area contributed by atoms with Gasteiger partial charge in [0.1, 0.15) is 11.2 Å². The Morgan fingerprint density at radius 3 is 2.63 bits per heavy atom. The first-order chi connectivity index (χ1) is 9.06. The van der Waals surface area contributed by atoms with Crippen LogP contribution < -0.4 is 10.4 Å². The third kappa shape index (κ3) is 4.15. The van der Waals surface area contributed by atoms with Crippen LogP contribution in [0, 0.1) is 0 Å². The Morgan fingerprint density at radius 1 is 1.37 bits per heavy atom. The Kier molecular flexibility index (Phi) is 5.18. The first kappa shape index (κ1) is 14.7. The topological polar surface area (TPSA) is 57.9 Å². The van der Waals surface area contributed by atoms with Gasteiger partial charge in [-0.25, -0.2) is 4.79 Å². The van der Waals surface area contributed by atoms with Crippen molar-refractivity contribution in [2.75, 3.05) is 0 Å². The lowest BCUT2D eigenvalue weighted by atomic mass is 10.3. The van der Waals surface area contributed by atoms with Gasteiger partial charge in [0, 0.05) is 17.6 Å². The summed E-state index contributed by atoms with van der Waals surface area (Å²) in [5.41, 5.74) is 0.641. The molecule has 0 fully saturated rings. The van der Waals surface area contributed by atoms with Gasteiger partial charge >= 0.3 is 5.69 Å². The highest BCUT2D eigenvalue weighted by atomic mass is 79.9. The largest absolute Gasteiger partial charge is 0.478 e. The minimum atomic E-state index is -0.183. The summed E-state index contributed by atoms with van der Waals surface area (Å²) in [6.45, 7) is 1.97. The van der Waals surface area contributed by atoms with E-state index in [1.165, 1.54) is 0 Å². The summed E-state index contributed by atoms with van der Waals surface area (Å²) in [5, 5.41) is 0. The van der Waals surface area contributed by atoms with E-state index in [0.29, 0.717) is 5.75 Å². The van der Waals surface area contributed by atoms with E-state index in [4.69, 9.17) is 4.74 Å². The maximum Gasteiger partial charge on any atom is 0.323 e. The van der Waals surface area contributed by atoms with Crippen LogP contribution in [0.1, 0.15) is 12.6 Å². The molecule has 2 rings (SSSR count). The van der Waals surface area contributed by atoms with Crippen LogP contribution in [0.15, 0.2) is 38.1 Å². The number of nitrogens with one attached hydrogen (secondary N) is 2. The molecule has 1 atom stereocenters. The van der Waals surface area contributed by atoms with Crippen molar-refractivity contribution in [3.8, 4) is 5.75 Å². The van der Waals surface area contributed by atoms with Gasteiger partial charge in [0.05, 0.1) is 8.95 Å².